The molecule has 0 bridgehead atoms. The number of furan rings is 1. The molecule has 36 heavy (non-hydrogen) atoms. The van der Waals surface area contributed by atoms with Crippen molar-refractivity contribution in [1.29, 1.82) is 0 Å². The second-order valence-electron chi connectivity index (χ2n) is 8.43. The second-order valence-corrected chi connectivity index (χ2v) is 8.43. The van der Waals surface area contributed by atoms with Crippen molar-refractivity contribution in [3.63, 3.8) is 0 Å². The van der Waals surface area contributed by atoms with Crippen molar-refractivity contribution in [2.45, 2.75) is 6.42 Å². The number of nitrogens with zero attached hydrogens (tertiary/aromatic N) is 3. The summed E-state index contributed by atoms with van der Waals surface area (Å²) >= 11 is 0. The molecule has 0 atom stereocenters. The van der Waals surface area contributed by atoms with Gasteiger partial charge in [0.25, 0.3) is 23.2 Å². The Balaban J connectivity index is 1.30. The van der Waals surface area contributed by atoms with Gasteiger partial charge < -0.3 is 14.2 Å². The molecular formula is C26H21FN4O5. The van der Waals surface area contributed by atoms with E-state index in [1.165, 1.54) is 40.3 Å². The first kappa shape index (κ1) is 23.2. The highest BCUT2D eigenvalue weighted by Crippen LogP contribution is 2.20. The van der Waals surface area contributed by atoms with Crippen LogP contribution in [0, 0.1) is 5.82 Å². The molecule has 0 saturated carbocycles. The number of aromatic amines is 1. The molecule has 1 N–H and O–H groups in total. The Bertz CT molecular complexity index is 1520. The third-order valence-corrected chi connectivity index (χ3v) is 6.20. The van der Waals surface area contributed by atoms with Crippen molar-refractivity contribution in [2.24, 2.45) is 0 Å². The second kappa shape index (κ2) is 9.57. The normalized spacial score (nSPS) is 13.7. The summed E-state index contributed by atoms with van der Waals surface area (Å²) in [5, 5.41) is 7.81. The molecule has 4 aromatic rings. The number of rotatable bonds is 5. The fraction of sp³-hybridized carbons (Fsp3) is 0.192. The molecule has 0 unspecified atom stereocenters. The minimum Gasteiger partial charge on any atom is -0.461 e. The van der Waals surface area contributed by atoms with Gasteiger partial charge >= 0.3 is 0 Å². The van der Waals surface area contributed by atoms with E-state index >= 15 is 0 Å². The van der Waals surface area contributed by atoms with E-state index in [2.05, 4.69) is 10.2 Å². The molecule has 2 aromatic carbocycles. The van der Waals surface area contributed by atoms with Crippen molar-refractivity contribution >= 4 is 28.4 Å². The van der Waals surface area contributed by atoms with Crippen LogP contribution in [0.3, 0.4) is 0 Å². The summed E-state index contributed by atoms with van der Waals surface area (Å²) < 4.78 is 19.7. The average Bonchev–Trinajstić information content (AvgIpc) is 3.45. The predicted octanol–water partition coefficient (Wildman–Crippen LogP) is 2.41. The smallest absolute Gasteiger partial charge is 0.298 e. The van der Waals surface area contributed by atoms with Gasteiger partial charge in [-0.05, 0) is 35.9 Å². The Labute approximate surface area is 204 Å². The number of H-pyrrole nitrogens is 1. The van der Waals surface area contributed by atoms with Gasteiger partial charge in [0.05, 0.1) is 22.9 Å². The van der Waals surface area contributed by atoms with E-state index in [0.717, 1.165) is 0 Å². The number of amides is 2. The van der Waals surface area contributed by atoms with E-state index in [4.69, 9.17) is 4.42 Å². The Morgan fingerprint density at radius 1 is 0.944 bits per heavy atom. The number of hydrogen-bond donors (Lipinski definition) is 1. The van der Waals surface area contributed by atoms with Crippen molar-refractivity contribution in [3.05, 3.63) is 99.6 Å². The van der Waals surface area contributed by atoms with E-state index in [0.29, 0.717) is 22.0 Å². The molecule has 1 saturated heterocycles. The van der Waals surface area contributed by atoms with E-state index in [9.17, 15) is 23.6 Å². The van der Waals surface area contributed by atoms with Gasteiger partial charge in [-0.1, -0.05) is 24.3 Å². The van der Waals surface area contributed by atoms with Crippen LogP contribution >= 0.6 is 0 Å². The van der Waals surface area contributed by atoms with Crippen LogP contribution in [0.4, 0.5) is 4.39 Å². The number of hydrogen-bond acceptors (Lipinski definition) is 6. The van der Waals surface area contributed by atoms with Gasteiger partial charge in [0.15, 0.2) is 5.76 Å². The molecule has 9 nitrogen and oxygen atoms in total. The molecule has 2 amide bonds. The summed E-state index contributed by atoms with van der Waals surface area (Å²) in [7, 11) is 0. The number of aromatic nitrogens is 2. The van der Waals surface area contributed by atoms with Crippen LogP contribution in [0.2, 0.25) is 0 Å². The molecule has 10 heteroatoms. The van der Waals surface area contributed by atoms with E-state index in [1.807, 2.05) is 0 Å². The standard InChI is InChI=1S/C26H21FN4O5/c27-20-8-7-16(15-21-17-4-1-2-5-18(17)24(33)29-28-21)14-19(20)25(34)30-9-11-31(12-10-30)26(35)23(32)22-6-3-13-36-22/h1-8,13-14H,9-12,15H2,(H,29,33). The summed E-state index contributed by atoms with van der Waals surface area (Å²) in [5.74, 6) is -2.65. The number of fused-ring (bicyclic) bond motifs is 1. The minimum absolute atomic E-state index is 0.0397. The number of carbonyl (C=O) groups is 3. The maximum Gasteiger partial charge on any atom is 0.298 e. The van der Waals surface area contributed by atoms with Crippen LogP contribution in [0.25, 0.3) is 10.8 Å². The number of benzene rings is 2. The SMILES string of the molecule is O=C(C(=O)N1CCN(C(=O)c2cc(Cc3n[nH]c(=O)c4ccccc34)ccc2F)CC1)c1ccco1. The lowest BCUT2D eigenvalue weighted by Crippen LogP contribution is -2.52. The van der Waals surface area contributed by atoms with E-state index < -0.39 is 23.4 Å². The zero-order chi connectivity index (χ0) is 25.2. The minimum atomic E-state index is -0.748. The first-order valence-electron chi connectivity index (χ1n) is 11.3. The molecule has 2 aromatic heterocycles. The van der Waals surface area contributed by atoms with Crippen LogP contribution < -0.4 is 5.56 Å². The number of carbonyl (C=O) groups excluding carboxylic acids is 3. The van der Waals surface area contributed by atoms with Gasteiger partial charge in [0.2, 0.25) is 0 Å². The van der Waals surface area contributed by atoms with Crippen molar-refractivity contribution < 1.29 is 23.2 Å². The monoisotopic (exact) mass is 488 g/mol. The molecule has 1 aliphatic rings. The van der Waals surface area contributed by atoms with Crippen molar-refractivity contribution in [1.82, 2.24) is 20.0 Å². The average molecular weight is 488 g/mol. The lowest BCUT2D eigenvalue weighted by Gasteiger charge is -2.34. The molecule has 5 rings (SSSR count). The maximum absolute atomic E-state index is 14.7. The zero-order valence-electron chi connectivity index (χ0n) is 19.1. The van der Waals surface area contributed by atoms with Crippen LogP contribution in [-0.4, -0.2) is 63.8 Å². The number of halogens is 1. The molecule has 0 aliphatic carbocycles. The van der Waals surface area contributed by atoms with Gasteiger partial charge in [0, 0.05) is 38.0 Å². The summed E-state index contributed by atoms with van der Waals surface area (Å²) in [6.07, 6.45) is 1.60. The molecule has 1 aliphatic heterocycles. The Kier molecular flexibility index (Phi) is 6.16. The maximum atomic E-state index is 14.7. The topological polar surface area (TPSA) is 117 Å². The Morgan fingerprint density at radius 2 is 1.67 bits per heavy atom. The van der Waals surface area contributed by atoms with Crippen LogP contribution in [-0.2, 0) is 11.2 Å². The third-order valence-electron chi connectivity index (χ3n) is 6.20. The fourth-order valence-electron chi connectivity index (χ4n) is 4.29. The number of Topliss-reactive ketones (excluding diaryl/α,β-unsaturated/α-hetero) is 1. The molecular weight excluding hydrogens is 467 g/mol. The van der Waals surface area contributed by atoms with Crippen LogP contribution in [0.5, 0.6) is 0 Å². The van der Waals surface area contributed by atoms with Crippen molar-refractivity contribution in [3.8, 4) is 0 Å². The molecule has 1 fully saturated rings. The number of nitrogens with one attached hydrogen (secondary N) is 1. The van der Waals surface area contributed by atoms with Gasteiger partial charge in [-0.25, -0.2) is 9.49 Å². The fourth-order valence-corrected chi connectivity index (χ4v) is 4.29. The highest BCUT2D eigenvalue weighted by molar-refractivity contribution is 6.41. The molecule has 0 radical (unpaired) electrons. The van der Waals surface area contributed by atoms with E-state index in [1.54, 1.807) is 30.3 Å². The molecule has 3 heterocycles. The largest absolute Gasteiger partial charge is 0.461 e. The predicted molar refractivity (Wildman–Crippen MR) is 127 cm³/mol. The summed E-state index contributed by atoms with van der Waals surface area (Å²) in [6.45, 7) is 0.606. The van der Waals surface area contributed by atoms with E-state index in [-0.39, 0.29) is 49.5 Å². The lowest BCUT2D eigenvalue weighted by molar-refractivity contribution is -0.128. The Morgan fingerprint density at radius 3 is 2.39 bits per heavy atom. The highest BCUT2D eigenvalue weighted by Gasteiger charge is 2.30. The summed E-state index contributed by atoms with van der Waals surface area (Å²) in [4.78, 5) is 52.7. The first-order chi connectivity index (χ1) is 17.4. The molecule has 182 valence electrons. The highest BCUT2D eigenvalue weighted by atomic mass is 19.1. The number of ketones is 1. The van der Waals surface area contributed by atoms with Gasteiger partial charge in [0.1, 0.15) is 5.82 Å². The van der Waals surface area contributed by atoms with Gasteiger partial charge in [-0.2, -0.15) is 5.10 Å². The van der Waals surface area contributed by atoms with Crippen LogP contribution in [0.1, 0.15) is 32.2 Å². The summed E-state index contributed by atoms with van der Waals surface area (Å²) in [6, 6.07) is 14.3. The lowest BCUT2D eigenvalue weighted by atomic mass is 10.0. The Hall–Kier alpha value is -4.60. The van der Waals surface area contributed by atoms with Gasteiger partial charge in [-0.15, -0.1) is 0 Å². The molecule has 0 spiro atoms. The van der Waals surface area contributed by atoms with Crippen molar-refractivity contribution in [2.75, 3.05) is 26.2 Å². The first-order valence-corrected chi connectivity index (χ1v) is 11.3. The summed E-state index contributed by atoms with van der Waals surface area (Å²) in [5.41, 5.74) is 0.867. The zero-order valence-corrected chi connectivity index (χ0v) is 19.1. The van der Waals surface area contributed by atoms with Crippen LogP contribution in [0.15, 0.2) is 70.1 Å². The third kappa shape index (κ3) is 4.40. The number of piperazine rings is 1. The van der Waals surface area contributed by atoms with Gasteiger partial charge in [-0.3, -0.25) is 19.2 Å². The quantitative estimate of drug-likeness (QED) is 0.341.